The number of nitrogens with two attached hydrogens (primary N) is 1. The van der Waals surface area contributed by atoms with E-state index in [-0.39, 0.29) is 6.04 Å². The van der Waals surface area contributed by atoms with Gasteiger partial charge in [-0.2, -0.15) is 0 Å². The molecule has 2 nitrogen and oxygen atoms in total. The lowest BCUT2D eigenvalue weighted by Crippen LogP contribution is -2.34. The first-order chi connectivity index (χ1) is 9.31. The van der Waals surface area contributed by atoms with Crippen molar-refractivity contribution in [3.05, 3.63) is 57.3 Å². The quantitative estimate of drug-likeness (QED) is 0.660. The Morgan fingerprint density at radius 3 is 2.89 bits per heavy atom. The smallest absolute Gasteiger partial charge is 0.0539 e. The molecule has 100 valence electrons. The van der Waals surface area contributed by atoms with Gasteiger partial charge in [0.15, 0.2) is 0 Å². The second-order valence-corrected chi connectivity index (χ2v) is 6.39. The summed E-state index contributed by atoms with van der Waals surface area (Å²) < 4.78 is 0. The fraction of sp³-hybridized carbons (Fsp3) is 0.375. The summed E-state index contributed by atoms with van der Waals surface area (Å²) in [5.74, 6) is 6.36. The molecule has 0 fully saturated rings. The SMILES string of the molecule is Cc1sccc1C(NN)C1CCCc2ccccc21. The zero-order chi connectivity index (χ0) is 13.2. The Balaban J connectivity index is 2.00. The Morgan fingerprint density at radius 1 is 1.32 bits per heavy atom. The van der Waals surface area contributed by atoms with Gasteiger partial charge in [0, 0.05) is 10.8 Å². The molecular formula is C16H20N2S. The minimum atomic E-state index is 0.229. The maximum atomic E-state index is 5.88. The Labute approximate surface area is 118 Å². The van der Waals surface area contributed by atoms with Crippen LogP contribution in [0.3, 0.4) is 0 Å². The lowest BCUT2D eigenvalue weighted by Gasteiger charge is -2.32. The van der Waals surface area contributed by atoms with Crippen LogP contribution in [0.15, 0.2) is 35.7 Å². The predicted octanol–water partition coefficient (Wildman–Crippen LogP) is 3.68. The molecule has 1 aromatic carbocycles. The molecule has 1 aromatic heterocycles. The second-order valence-electron chi connectivity index (χ2n) is 5.27. The van der Waals surface area contributed by atoms with Gasteiger partial charge in [-0.3, -0.25) is 11.3 Å². The summed E-state index contributed by atoms with van der Waals surface area (Å²) >= 11 is 1.80. The molecule has 19 heavy (non-hydrogen) atoms. The third-order valence-corrected chi connectivity index (χ3v) is 5.09. The average Bonchev–Trinajstić information content (AvgIpc) is 2.86. The number of thiophene rings is 1. The van der Waals surface area contributed by atoms with Crippen molar-refractivity contribution in [1.29, 1.82) is 0 Å². The van der Waals surface area contributed by atoms with E-state index in [2.05, 4.69) is 48.1 Å². The number of hydrogen-bond acceptors (Lipinski definition) is 3. The second kappa shape index (κ2) is 5.45. The first kappa shape index (κ1) is 12.9. The van der Waals surface area contributed by atoms with Gasteiger partial charge in [0.05, 0.1) is 6.04 Å². The maximum Gasteiger partial charge on any atom is 0.0539 e. The highest BCUT2D eigenvalue weighted by atomic mass is 32.1. The molecule has 0 radical (unpaired) electrons. The standard InChI is InChI=1S/C16H20N2S/c1-11-13(9-10-19-11)16(18-17)15-8-4-6-12-5-2-3-7-14(12)15/h2-3,5,7,9-10,15-16,18H,4,6,8,17H2,1H3. The van der Waals surface area contributed by atoms with Crippen molar-refractivity contribution in [2.24, 2.45) is 5.84 Å². The highest BCUT2D eigenvalue weighted by molar-refractivity contribution is 7.10. The number of aryl methyl sites for hydroxylation is 2. The molecule has 0 saturated heterocycles. The van der Waals surface area contributed by atoms with E-state index < -0.39 is 0 Å². The number of hydrogen-bond donors (Lipinski definition) is 2. The topological polar surface area (TPSA) is 38.0 Å². The largest absolute Gasteiger partial charge is 0.271 e. The number of fused-ring (bicyclic) bond motifs is 1. The van der Waals surface area contributed by atoms with Crippen LogP contribution in [-0.2, 0) is 6.42 Å². The lowest BCUT2D eigenvalue weighted by molar-refractivity contribution is 0.408. The van der Waals surface area contributed by atoms with Crippen LogP contribution in [-0.4, -0.2) is 0 Å². The third kappa shape index (κ3) is 2.34. The molecule has 2 aromatic rings. The highest BCUT2D eigenvalue weighted by Gasteiger charge is 2.29. The summed E-state index contributed by atoms with van der Waals surface area (Å²) in [4.78, 5) is 1.37. The van der Waals surface area contributed by atoms with E-state index in [1.807, 2.05) is 0 Å². The summed E-state index contributed by atoms with van der Waals surface area (Å²) in [6, 6.07) is 11.3. The van der Waals surface area contributed by atoms with Gasteiger partial charge in [-0.05, 0) is 54.3 Å². The molecule has 1 aliphatic carbocycles. The van der Waals surface area contributed by atoms with Gasteiger partial charge < -0.3 is 0 Å². The molecule has 0 aliphatic heterocycles. The summed E-state index contributed by atoms with van der Waals surface area (Å²) in [6.45, 7) is 2.18. The van der Waals surface area contributed by atoms with Crippen LogP contribution in [0.25, 0.3) is 0 Å². The number of benzene rings is 1. The van der Waals surface area contributed by atoms with Crippen LogP contribution >= 0.6 is 11.3 Å². The van der Waals surface area contributed by atoms with Crippen molar-refractivity contribution in [2.45, 2.75) is 38.1 Å². The Morgan fingerprint density at radius 2 is 2.16 bits per heavy atom. The molecule has 0 amide bonds. The molecule has 1 aliphatic rings. The Kier molecular flexibility index (Phi) is 3.69. The van der Waals surface area contributed by atoms with Crippen LogP contribution in [0.1, 0.15) is 46.4 Å². The van der Waals surface area contributed by atoms with Crippen LogP contribution in [0.2, 0.25) is 0 Å². The van der Waals surface area contributed by atoms with Crippen LogP contribution < -0.4 is 11.3 Å². The van der Waals surface area contributed by atoms with E-state index in [4.69, 9.17) is 5.84 Å². The summed E-state index contributed by atoms with van der Waals surface area (Å²) in [7, 11) is 0. The van der Waals surface area contributed by atoms with Crippen molar-refractivity contribution in [1.82, 2.24) is 5.43 Å². The molecule has 3 rings (SSSR count). The Bertz CT molecular complexity index is 561. The molecule has 0 bridgehead atoms. The minimum absolute atomic E-state index is 0.229. The third-order valence-electron chi connectivity index (χ3n) is 4.23. The van der Waals surface area contributed by atoms with Crippen LogP contribution in [0.4, 0.5) is 0 Å². The number of nitrogens with one attached hydrogen (secondary N) is 1. The highest BCUT2D eigenvalue weighted by Crippen LogP contribution is 2.41. The number of rotatable bonds is 3. The first-order valence-electron chi connectivity index (χ1n) is 6.89. The average molecular weight is 272 g/mol. The molecule has 2 unspecified atom stereocenters. The molecule has 0 spiro atoms. The first-order valence-corrected chi connectivity index (χ1v) is 7.77. The van der Waals surface area contributed by atoms with Gasteiger partial charge in [0.2, 0.25) is 0 Å². The van der Waals surface area contributed by atoms with Crippen molar-refractivity contribution in [3.63, 3.8) is 0 Å². The van der Waals surface area contributed by atoms with Crippen molar-refractivity contribution in [2.75, 3.05) is 0 Å². The summed E-state index contributed by atoms with van der Waals surface area (Å²) in [6.07, 6.45) is 3.66. The molecule has 3 heteroatoms. The van der Waals surface area contributed by atoms with Crippen LogP contribution in [0.5, 0.6) is 0 Å². The monoisotopic (exact) mass is 272 g/mol. The van der Waals surface area contributed by atoms with E-state index in [9.17, 15) is 0 Å². The van der Waals surface area contributed by atoms with Gasteiger partial charge in [0.25, 0.3) is 0 Å². The fourth-order valence-electron chi connectivity index (χ4n) is 3.28. The zero-order valence-corrected chi connectivity index (χ0v) is 12.0. The minimum Gasteiger partial charge on any atom is -0.271 e. The predicted molar refractivity (Wildman–Crippen MR) is 81.2 cm³/mol. The van der Waals surface area contributed by atoms with E-state index in [0.29, 0.717) is 5.92 Å². The van der Waals surface area contributed by atoms with Gasteiger partial charge in [0.1, 0.15) is 0 Å². The van der Waals surface area contributed by atoms with E-state index >= 15 is 0 Å². The summed E-state index contributed by atoms with van der Waals surface area (Å²) in [5, 5.41) is 2.16. The van der Waals surface area contributed by atoms with Gasteiger partial charge in [-0.25, -0.2) is 0 Å². The fourth-order valence-corrected chi connectivity index (χ4v) is 4.03. The van der Waals surface area contributed by atoms with Gasteiger partial charge in [-0.1, -0.05) is 24.3 Å². The van der Waals surface area contributed by atoms with Crippen molar-refractivity contribution < 1.29 is 0 Å². The zero-order valence-electron chi connectivity index (χ0n) is 11.2. The van der Waals surface area contributed by atoms with Crippen molar-refractivity contribution >= 4 is 11.3 Å². The number of hydrazine groups is 1. The molecule has 1 heterocycles. The van der Waals surface area contributed by atoms with Crippen LogP contribution in [0, 0.1) is 6.92 Å². The van der Waals surface area contributed by atoms with Crippen molar-refractivity contribution in [3.8, 4) is 0 Å². The lowest BCUT2D eigenvalue weighted by atomic mass is 9.77. The Hall–Kier alpha value is -1.16. The van der Waals surface area contributed by atoms with Gasteiger partial charge >= 0.3 is 0 Å². The molecule has 0 saturated carbocycles. The molecule has 2 atom stereocenters. The van der Waals surface area contributed by atoms with E-state index in [1.54, 1.807) is 11.3 Å². The molecule has 3 N–H and O–H groups in total. The van der Waals surface area contributed by atoms with E-state index in [1.165, 1.54) is 40.8 Å². The maximum absolute atomic E-state index is 5.88. The van der Waals surface area contributed by atoms with E-state index in [0.717, 1.165) is 0 Å². The van der Waals surface area contributed by atoms with Gasteiger partial charge in [-0.15, -0.1) is 11.3 Å². The normalized spacial score (nSPS) is 20.0. The summed E-state index contributed by atoms with van der Waals surface area (Å²) in [5.41, 5.74) is 7.39. The molecular weight excluding hydrogens is 252 g/mol.